The van der Waals surface area contributed by atoms with E-state index in [0.29, 0.717) is 0 Å². The van der Waals surface area contributed by atoms with E-state index < -0.39 is 27.5 Å². The minimum absolute atomic E-state index is 0.0582. The zero-order chi connectivity index (χ0) is 28.6. The van der Waals surface area contributed by atoms with E-state index in [9.17, 15) is 9.90 Å². The Hall–Kier alpha value is -1.09. The van der Waals surface area contributed by atoms with Crippen LogP contribution in [0.3, 0.4) is 0 Å². The molecule has 0 radical (unpaired) electrons. The number of hydrogen-bond donors (Lipinski definition) is 2. The average Bonchev–Trinajstić information content (AvgIpc) is 3.51. The summed E-state index contributed by atoms with van der Waals surface area (Å²) in [4.78, 5) is 14.9. The maximum absolute atomic E-state index is 13.8. The summed E-state index contributed by atoms with van der Waals surface area (Å²) in [6.07, 6.45) is 7.70. The molecule has 5 heterocycles. The van der Waals surface area contributed by atoms with Crippen LogP contribution < -0.4 is 0 Å². The molecule has 7 rings (SSSR count). The number of carbonyl (C=O) groups excluding carboxylic acids is 1. The van der Waals surface area contributed by atoms with Gasteiger partial charge in [0.15, 0.2) is 0 Å². The van der Waals surface area contributed by atoms with Crippen LogP contribution in [0.5, 0.6) is 0 Å². The molecule has 1 saturated carbocycles. The summed E-state index contributed by atoms with van der Waals surface area (Å²) in [6.45, 7) is 20.7. The third kappa shape index (κ3) is 4.65. The molecule has 2 saturated heterocycles. The highest BCUT2D eigenvalue weighted by molar-refractivity contribution is 8.04. The molecule has 1 aromatic heterocycles. The first-order chi connectivity index (χ1) is 18.1. The molecule has 0 amide bonds. The number of allylic oxidation sites excluding steroid dienone is 1. The van der Waals surface area contributed by atoms with Crippen LogP contribution in [0.4, 0.5) is 0 Å². The van der Waals surface area contributed by atoms with Crippen LogP contribution in [0, 0.1) is 17.3 Å². The highest BCUT2D eigenvalue weighted by Gasteiger charge is 2.68. The number of ether oxygens (including phenoxy) is 2. The lowest BCUT2D eigenvalue weighted by atomic mass is 9.31. The number of thioether (sulfide) groups is 1. The molecule has 8 heteroatoms. The third-order valence-electron chi connectivity index (χ3n) is 8.75. The highest BCUT2D eigenvalue weighted by atomic mass is 32.2. The Balaban J connectivity index is 0.000000625. The molecule has 1 aromatic rings. The second-order valence-corrected chi connectivity index (χ2v) is 12.8. The lowest BCUT2D eigenvalue weighted by Crippen LogP contribution is -2.50. The third-order valence-corrected chi connectivity index (χ3v) is 10.7. The van der Waals surface area contributed by atoms with Crippen molar-refractivity contribution >= 4 is 37.1 Å². The SMILES string of the molecule is CB1CC2(S)C(=C3CC4CC5C(C)=CC4(C(=O)OC5(C)C)C13)SC(O)OC2c1ccoc1.CC.CC.CC. The zero-order valence-corrected chi connectivity index (χ0v) is 26.5. The van der Waals surface area contributed by atoms with Gasteiger partial charge in [0.2, 0.25) is 5.62 Å². The van der Waals surface area contributed by atoms with Crippen molar-refractivity contribution in [2.75, 3.05) is 0 Å². The summed E-state index contributed by atoms with van der Waals surface area (Å²) < 4.78 is 17.0. The van der Waals surface area contributed by atoms with Gasteiger partial charge in [-0.25, -0.2) is 0 Å². The van der Waals surface area contributed by atoms with E-state index in [1.807, 2.05) is 47.6 Å². The second-order valence-electron chi connectivity index (χ2n) is 10.9. The van der Waals surface area contributed by atoms with Crippen molar-refractivity contribution in [3.8, 4) is 0 Å². The molecule has 7 atom stereocenters. The molecular weight excluding hydrogens is 515 g/mol. The molecule has 2 aliphatic carbocycles. The van der Waals surface area contributed by atoms with Gasteiger partial charge < -0.3 is 19.0 Å². The molecule has 7 unspecified atom stereocenters. The summed E-state index contributed by atoms with van der Waals surface area (Å²) in [5.41, 5.74) is 1.33. The van der Waals surface area contributed by atoms with E-state index in [4.69, 9.17) is 26.5 Å². The Morgan fingerprint density at radius 2 is 1.82 bits per heavy atom. The molecule has 0 aromatic carbocycles. The Kier molecular flexibility index (Phi) is 9.76. The lowest BCUT2D eigenvalue weighted by Gasteiger charge is -2.50. The van der Waals surface area contributed by atoms with Gasteiger partial charge in [-0.05, 0) is 51.4 Å². The number of aliphatic hydroxyl groups is 1. The van der Waals surface area contributed by atoms with Crippen molar-refractivity contribution in [2.45, 2.75) is 116 Å². The van der Waals surface area contributed by atoms with Crippen LogP contribution in [-0.2, 0) is 14.3 Å². The van der Waals surface area contributed by atoms with Crippen LogP contribution in [0.15, 0.2) is 45.1 Å². The number of thiol groups is 1. The predicted molar refractivity (Wildman–Crippen MR) is 162 cm³/mol. The quantitative estimate of drug-likeness (QED) is 0.156. The van der Waals surface area contributed by atoms with Gasteiger partial charge in [0.05, 0.1) is 22.7 Å². The monoisotopic (exact) mass is 562 g/mol. The van der Waals surface area contributed by atoms with Crippen LogP contribution in [-0.4, -0.2) is 33.8 Å². The molecule has 1 N–H and O–H groups in total. The number of fused-ring (bicyclic) bond motifs is 4. The normalized spacial score (nSPS) is 37.9. The smallest absolute Gasteiger partial charge is 0.316 e. The molecule has 38 heavy (non-hydrogen) atoms. The molecule has 212 valence electrons. The summed E-state index contributed by atoms with van der Waals surface area (Å²) in [5, 5.41) is 10.7. The lowest BCUT2D eigenvalue weighted by molar-refractivity contribution is -0.165. The van der Waals surface area contributed by atoms with Gasteiger partial charge in [-0.1, -0.05) is 83.7 Å². The fourth-order valence-corrected chi connectivity index (χ4v) is 9.61. The summed E-state index contributed by atoms with van der Waals surface area (Å²) in [6, 6.07) is 1.88. The van der Waals surface area contributed by atoms with Crippen LogP contribution in [0.1, 0.15) is 86.8 Å². The van der Waals surface area contributed by atoms with Crippen LogP contribution in [0.25, 0.3) is 0 Å². The Morgan fingerprint density at radius 3 is 2.42 bits per heavy atom. The van der Waals surface area contributed by atoms with Crippen molar-refractivity contribution in [2.24, 2.45) is 17.3 Å². The second kappa shape index (κ2) is 11.8. The first-order valence-electron chi connectivity index (χ1n) is 14.5. The fraction of sp³-hybridized carbons (Fsp3) is 0.700. The van der Waals surface area contributed by atoms with E-state index >= 15 is 0 Å². The van der Waals surface area contributed by atoms with Crippen molar-refractivity contribution in [1.29, 1.82) is 0 Å². The standard InChI is InChI=1S/C24H29BO5S2.3C2H6/c1-12-9-23-14(8-16(12)22(2,3)30-20(23)26)7-15-17(23)25(4)11-24(31)18(13-5-6-28-10-13)29-21(27)32-19(15)24;3*1-2/h5-6,9-10,14,16-18,21,27,31H,7-8,11H2,1-4H3;3*1-2H3. The van der Waals surface area contributed by atoms with Gasteiger partial charge in [-0.3, -0.25) is 4.79 Å². The van der Waals surface area contributed by atoms with Crippen molar-refractivity contribution in [3.05, 3.63) is 46.3 Å². The summed E-state index contributed by atoms with van der Waals surface area (Å²) in [5.74, 6) is 0.433. The van der Waals surface area contributed by atoms with Crippen LogP contribution in [0.2, 0.25) is 19.0 Å². The van der Waals surface area contributed by atoms with E-state index in [-0.39, 0.29) is 30.3 Å². The molecule has 6 aliphatic rings. The van der Waals surface area contributed by atoms with Gasteiger partial charge in [0.1, 0.15) is 18.4 Å². The highest BCUT2D eigenvalue weighted by Crippen LogP contribution is 2.71. The van der Waals surface area contributed by atoms with Gasteiger partial charge in [-0.15, -0.1) is 0 Å². The fourth-order valence-electron chi connectivity index (χ4n) is 7.69. The predicted octanol–water partition coefficient (Wildman–Crippen LogP) is 8.18. The zero-order valence-electron chi connectivity index (χ0n) is 24.8. The number of esters is 1. The first-order valence-corrected chi connectivity index (χ1v) is 15.8. The van der Waals surface area contributed by atoms with Gasteiger partial charge in [-0.2, -0.15) is 12.6 Å². The van der Waals surface area contributed by atoms with E-state index in [1.54, 1.807) is 12.5 Å². The minimum atomic E-state index is -0.978. The molecule has 3 fully saturated rings. The molecule has 1 spiro atoms. The minimum Gasteiger partial charge on any atom is -0.472 e. The summed E-state index contributed by atoms with van der Waals surface area (Å²) in [7, 11) is 0. The molecular formula is C30H47BO5S2. The number of aliphatic hydroxyl groups excluding tert-OH is 1. The number of carbonyl (C=O) groups is 1. The van der Waals surface area contributed by atoms with Crippen molar-refractivity contribution in [1.82, 2.24) is 0 Å². The maximum Gasteiger partial charge on any atom is 0.316 e. The number of hydrogen-bond acceptors (Lipinski definition) is 7. The first kappa shape index (κ1) is 31.4. The Morgan fingerprint density at radius 1 is 1.16 bits per heavy atom. The Labute approximate surface area is 240 Å². The molecule has 4 aliphatic heterocycles. The molecule has 2 bridgehead atoms. The Bertz CT molecular complexity index is 1050. The van der Waals surface area contributed by atoms with E-state index in [2.05, 4.69) is 33.7 Å². The largest absolute Gasteiger partial charge is 0.472 e. The van der Waals surface area contributed by atoms with Gasteiger partial charge in [0.25, 0.3) is 0 Å². The number of furan rings is 1. The average molecular weight is 563 g/mol. The van der Waals surface area contributed by atoms with Crippen molar-refractivity contribution in [3.63, 3.8) is 0 Å². The van der Waals surface area contributed by atoms with Crippen LogP contribution >= 0.6 is 24.4 Å². The molecule has 5 nitrogen and oxygen atoms in total. The van der Waals surface area contributed by atoms with E-state index in [1.165, 1.54) is 22.9 Å². The van der Waals surface area contributed by atoms with E-state index in [0.717, 1.165) is 29.6 Å². The van der Waals surface area contributed by atoms with Gasteiger partial charge in [0, 0.05) is 16.4 Å². The van der Waals surface area contributed by atoms with Crippen molar-refractivity contribution < 1.29 is 23.8 Å². The number of rotatable bonds is 1. The topological polar surface area (TPSA) is 68.9 Å². The summed E-state index contributed by atoms with van der Waals surface area (Å²) >= 11 is 6.60. The maximum atomic E-state index is 13.8. The van der Waals surface area contributed by atoms with Gasteiger partial charge >= 0.3 is 5.97 Å².